The molecule has 4 nitrogen and oxygen atoms in total. The van der Waals surface area contributed by atoms with Gasteiger partial charge >= 0.3 is 0 Å². The molecule has 1 unspecified atom stereocenters. The maximum absolute atomic E-state index is 11.6. The maximum Gasteiger partial charge on any atom is 0.220 e. The van der Waals surface area contributed by atoms with Crippen LogP contribution in [0.25, 0.3) is 0 Å². The maximum atomic E-state index is 11.6. The first-order chi connectivity index (χ1) is 8.06. The predicted octanol–water partition coefficient (Wildman–Crippen LogP) is 1.35. The average Bonchev–Trinajstić information content (AvgIpc) is 2.26. The second-order valence-corrected chi connectivity index (χ2v) is 5.01. The molecule has 0 fully saturated rings. The topological polar surface area (TPSA) is 58.4 Å². The Morgan fingerprint density at radius 3 is 2.47 bits per heavy atom. The summed E-state index contributed by atoms with van der Waals surface area (Å²) < 4.78 is 0. The van der Waals surface area contributed by atoms with Gasteiger partial charge in [0.2, 0.25) is 5.91 Å². The van der Waals surface area contributed by atoms with Gasteiger partial charge in [0.15, 0.2) is 0 Å². The number of carbonyl (C=O) groups is 1. The number of hydrogen-bond acceptors (Lipinski definition) is 3. The van der Waals surface area contributed by atoms with E-state index in [1.807, 2.05) is 14.1 Å². The van der Waals surface area contributed by atoms with Crippen LogP contribution in [0.3, 0.4) is 0 Å². The third-order valence-corrected chi connectivity index (χ3v) is 2.77. The highest BCUT2D eigenvalue weighted by atomic mass is 16.1. The molecule has 1 amide bonds. The van der Waals surface area contributed by atoms with Gasteiger partial charge in [-0.25, -0.2) is 0 Å². The molecule has 0 saturated carbocycles. The number of unbranched alkanes of at least 4 members (excludes halogenated alkanes) is 3. The number of amides is 1. The van der Waals surface area contributed by atoms with Gasteiger partial charge in [-0.05, 0) is 53.4 Å². The fourth-order valence-corrected chi connectivity index (χ4v) is 1.65. The van der Waals surface area contributed by atoms with Gasteiger partial charge in [0.25, 0.3) is 0 Å². The van der Waals surface area contributed by atoms with E-state index in [1.54, 1.807) is 0 Å². The van der Waals surface area contributed by atoms with Crippen LogP contribution >= 0.6 is 0 Å². The van der Waals surface area contributed by atoms with Crippen LogP contribution in [-0.4, -0.2) is 44.0 Å². The third-order valence-electron chi connectivity index (χ3n) is 2.77. The Bertz CT molecular complexity index is 195. The van der Waals surface area contributed by atoms with E-state index in [9.17, 15) is 4.79 Å². The first-order valence-electron chi connectivity index (χ1n) is 6.70. The lowest BCUT2D eigenvalue weighted by Crippen LogP contribution is -2.34. The molecule has 0 bridgehead atoms. The normalized spacial score (nSPS) is 12.8. The molecule has 0 rings (SSSR count). The van der Waals surface area contributed by atoms with Crippen molar-refractivity contribution in [2.45, 2.75) is 51.5 Å². The first-order valence-corrected chi connectivity index (χ1v) is 6.70. The van der Waals surface area contributed by atoms with Crippen LogP contribution in [0.4, 0.5) is 0 Å². The number of nitrogens with zero attached hydrogens (tertiary/aromatic N) is 1. The molecule has 0 aliphatic rings. The van der Waals surface area contributed by atoms with E-state index in [1.165, 1.54) is 0 Å². The van der Waals surface area contributed by atoms with Crippen molar-refractivity contribution < 1.29 is 4.79 Å². The summed E-state index contributed by atoms with van der Waals surface area (Å²) in [7, 11) is 4.10. The van der Waals surface area contributed by atoms with Crippen molar-refractivity contribution in [3.05, 3.63) is 0 Å². The lowest BCUT2D eigenvalue weighted by atomic mass is 10.1. The van der Waals surface area contributed by atoms with Crippen molar-refractivity contribution in [2.24, 2.45) is 5.73 Å². The van der Waals surface area contributed by atoms with Crippen LogP contribution in [-0.2, 0) is 4.79 Å². The Morgan fingerprint density at radius 2 is 1.88 bits per heavy atom. The fraction of sp³-hybridized carbons (Fsp3) is 0.923. The van der Waals surface area contributed by atoms with Crippen LogP contribution in [0, 0.1) is 0 Å². The highest BCUT2D eigenvalue weighted by molar-refractivity contribution is 5.76. The van der Waals surface area contributed by atoms with E-state index >= 15 is 0 Å². The monoisotopic (exact) mass is 243 g/mol. The van der Waals surface area contributed by atoms with E-state index in [0.717, 1.165) is 45.2 Å². The molecule has 0 heterocycles. The van der Waals surface area contributed by atoms with Gasteiger partial charge in [0.05, 0.1) is 0 Å². The molecule has 4 heteroatoms. The molecule has 0 aromatic heterocycles. The van der Waals surface area contributed by atoms with Gasteiger partial charge in [-0.2, -0.15) is 0 Å². The molecule has 0 aliphatic carbocycles. The van der Waals surface area contributed by atoms with Crippen LogP contribution in [0.1, 0.15) is 45.4 Å². The van der Waals surface area contributed by atoms with Crippen molar-refractivity contribution in [2.75, 3.05) is 27.2 Å². The highest BCUT2D eigenvalue weighted by Crippen LogP contribution is 2.02. The minimum absolute atomic E-state index is 0.184. The van der Waals surface area contributed by atoms with Crippen molar-refractivity contribution >= 4 is 5.91 Å². The Labute approximate surface area is 106 Å². The van der Waals surface area contributed by atoms with Crippen LogP contribution in [0.2, 0.25) is 0 Å². The number of nitrogens with two attached hydrogens (primary N) is 1. The zero-order valence-corrected chi connectivity index (χ0v) is 11.7. The van der Waals surface area contributed by atoms with Crippen molar-refractivity contribution in [1.82, 2.24) is 10.2 Å². The van der Waals surface area contributed by atoms with Gasteiger partial charge in [0, 0.05) is 12.5 Å². The van der Waals surface area contributed by atoms with E-state index in [0.29, 0.717) is 6.42 Å². The van der Waals surface area contributed by atoms with Gasteiger partial charge in [-0.3, -0.25) is 4.79 Å². The molecule has 102 valence electrons. The summed E-state index contributed by atoms with van der Waals surface area (Å²) in [6.07, 6.45) is 5.95. The quantitative estimate of drug-likeness (QED) is 0.569. The lowest BCUT2D eigenvalue weighted by molar-refractivity contribution is -0.121. The number of carbonyl (C=O) groups excluding carboxylic acids is 1. The van der Waals surface area contributed by atoms with Crippen LogP contribution in [0.15, 0.2) is 0 Å². The van der Waals surface area contributed by atoms with E-state index < -0.39 is 0 Å². The minimum atomic E-state index is 0.184. The number of hydrogen-bond donors (Lipinski definition) is 2. The molecule has 0 radical (unpaired) electrons. The summed E-state index contributed by atoms with van der Waals surface area (Å²) in [5.74, 6) is 0.184. The van der Waals surface area contributed by atoms with E-state index in [-0.39, 0.29) is 11.9 Å². The Balaban J connectivity index is 3.44. The van der Waals surface area contributed by atoms with E-state index in [4.69, 9.17) is 5.73 Å². The molecular formula is C13H29N3O. The minimum Gasteiger partial charge on any atom is -0.354 e. The molecule has 1 atom stereocenters. The Kier molecular flexibility index (Phi) is 10.2. The molecule has 0 aromatic carbocycles. The van der Waals surface area contributed by atoms with Gasteiger partial charge in [-0.15, -0.1) is 0 Å². The summed E-state index contributed by atoms with van der Waals surface area (Å²) in [6.45, 7) is 3.83. The smallest absolute Gasteiger partial charge is 0.220 e. The van der Waals surface area contributed by atoms with Crippen molar-refractivity contribution in [3.63, 3.8) is 0 Å². The van der Waals surface area contributed by atoms with Crippen molar-refractivity contribution in [3.8, 4) is 0 Å². The largest absolute Gasteiger partial charge is 0.354 e. The summed E-state index contributed by atoms with van der Waals surface area (Å²) in [6, 6.07) is 0.272. The molecule has 0 aliphatic heterocycles. The van der Waals surface area contributed by atoms with Crippen molar-refractivity contribution in [1.29, 1.82) is 0 Å². The SMILES string of the molecule is CC(CCN(C)C)NC(=O)CCCCCCN. The molecular weight excluding hydrogens is 214 g/mol. The lowest BCUT2D eigenvalue weighted by Gasteiger charge is -2.16. The molecule has 3 N–H and O–H groups in total. The zero-order chi connectivity index (χ0) is 13.1. The highest BCUT2D eigenvalue weighted by Gasteiger charge is 2.07. The second-order valence-electron chi connectivity index (χ2n) is 5.01. The van der Waals surface area contributed by atoms with Gasteiger partial charge in [-0.1, -0.05) is 12.8 Å². The molecule has 17 heavy (non-hydrogen) atoms. The fourth-order valence-electron chi connectivity index (χ4n) is 1.65. The van der Waals surface area contributed by atoms with Crippen LogP contribution in [0.5, 0.6) is 0 Å². The van der Waals surface area contributed by atoms with E-state index in [2.05, 4.69) is 17.1 Å². The average molecular weight is 243 g/mol. The van der Waals surface area contributed by atoms with Gasteiger partial charge in [0.1, 0.15) is 0 Å². The number of nitrogens with one attached hydrogen (secondary N) is 1. The standard InChI is InChI=1S/C13H29N3O/c1-12(9-11-16(2)3)15-13(17)8-6-4-5-7-10-14/h12H,4-11,14H2,1-3H3,(H,15,17). The Hall–Kier alpha value is -0.610. The summed E-state index contributed by atoms with van der Waals surface area (Å²) in [4.78, 5) is 13.7. The van der Waals surface area contributed by atoms with Gasteiger partial charge < -0.3 is 16.0 Å². The molecule has 0 aromatic rings. The second kappa shape index (κ2) is 10.5. The first kappa shape index (κ1) is 16.4. The molecule has 0 saturated heterocycles. The summed E-state index contributed by atoms with van der Waals surface area (Å²) in [5.41, 5.74) is 5.41. The predicted molar refractivity (Wildman–Crippen MR) is 72.9 cm³/mol. The summed E-state index contributed by atoms with van der Waals surface area (Å²) in [5, 5.41) is 3.04. The summed E-state index contributed by atoms with van der Waals surface area (Å²) >= 11 is 0. The Morgan fingerprint density at radius 1 is 1.24 bits per heavy atom. The zero-order valence-electron chi connectivity index (χ0n) is 11.7. The third kappa shape index (κ3) is 11.6. The molecule has 0 spiro atoms. The number of rotatable bonds is 10. The van der Waals surface area contributed by atoms with Crippen LogP contribution < -0.4 is 11.1 Å².